The van der Waals surface area contributed by atoms with Crippen LogP contribution in [0.5, 0.6) is 11.5 Å². The Labute approximate surface area is 258 Å². The van der Waals surface area contributed by atoms with Gasteiger partial charge in [-0.2, -0.15) is 5.10 Å². The zero-order valence-electron chi connectivity index (χ0n) is 23.2. The van der Waals surface area contributed by atoms with Crippen molar-refractivity contribution in [2.75, 3.05) is 6.61 Å². The van der Waals surface area contributed by atoms with E-state index in [1.807, 2.05) is 73.7 Å². The molecule has 42 heavy (non-hydrogen) atoms. The van der Waals surface area contributed by atoms with Gasteiger partial charge in [0.1, 0.15) is 6.61 Å². The smallest absolute Gasteiger partial charge is 0.271 e. The molecule has 5 rings (SSSR count). The van der Waals surface area contributed by atoms with Crippen LogP contribution in [0.2, 0.25) is 5.02 Å². The average Bonchev–Trinajstić information content (AvgIpc) is 3.39. The highest BCUT2D eigenvalue weighted by molar-refractivity contribution is 9.10. The molecule has 6 nitrogen and oxygen atoms in total. The monoisotopic (exact) mass is 641 g/mol. The summed E-state index contributed by atoms with van der Waals surface area (Å²) < 4.78 is 14.8. The molecule has 0 aliphatic carbocycles. The third-order valence-electron chi connectivity index (χ3n) is 6.54. The largest absolute Gasteiger partial charge is 0.490 e. The molecule has 5 aromatic rings. The van der Waals surface area contributed by atoms with Crippen LogP contribution in [0.1, 0.15) is 34.1 Å². The number of nitrogens with zero attached hydrogens (tertiary/aromatic N) is 2. The van der Waals surface area contributed by atoms with E-state index in [1.54, 1.807) is 18.3 Å². The van der Waals surface area contributed by atoms with Crippen molar-refractivity contribution in [2.24, 2.45) is 5.10 Å². The normalized spacial score (nSPS) is 11.0. The van der Waals surface area contributed by atoms with Crippen molar-refractivity contribution >= 4 is 39.7 Å². The summed E-state index contributed by atoms with van der Waals surface area (Å²) in [6.07, 6.45) is 1.57. The van der Waals surface area contributed by atoms with Crippen LogP contribution in [0.25, 0.3) is 16.9 Å². The number of ether oxygens (including phenoxy) is 2. The third-order valence-corrected chi connectivity index (χ3v) is 7.38. The van der Waals surface area contributed by atoms with Crippen LogP contribution in [0, 0.1) is 6.92 Å². The number of hydrazone groups is 1. The molecular formula is C34H29BrClN3O3. The lowest BCUT2D eigenvalue weighted by Gasteiger charge is -2.15. The van der Waals surface area contributed by atoms with E-state index in [0.29, 0.717) is 39.8 Å². The number of aromatic nitrogens is 1. The molecule has 0 aliphatic heterocycles. The Morgan fingerprint density at radius 3 is 2.40 bits per heavy atom. The second-order valence-corrected chi connectivity index (χ2v) is 10.8. The first kappa shape index (κ1) is 29.2. The predicted molar refractivity (Wildman–Crippen MR) is 172 cm³/mol. The molecule has 1 N–H and O–H groups in total. The van der Waals surface area contributed by atoms with Gasteiger partial charge in [-0.15, -0.1) is 0 Å². The fourth-order valence-electron chi connectivity index (χ4n) is 4.51. The van der Waals surface area contributed by atoms with Crippen molar-refractivity contribution < 1.29 is 14.3 Å². The summed E-state index contributed by atoms with van der Waals surface area (Å²) in [5.41, 5.74) is 9.13. The lowest BCUT2D eigenvalue weighted by atomic mass is 10.1. The maximum absolute atomic E-state index is 12.8. The van der Waals surface area contributed by atoms with Gasteiger partial charge in [-0.25, -0.2) is 5.43 Å². The summed E-state index contributed by atoms with van der Waals surface area (Å²) in [4.78, 5) is 12.8. The van der Waals surface area contributed by atoms with Crippen LogP contribution in [0.3, 0.4) is 0 Å². The number of rotatable bonds is 10. The van der Waals surface area contributed by atoms with Crippen LogP contribution in [-0.2, 0) is 6.61 Å². The second-order valence-electron chi connectivity index (χ2n) is 9.49. The third kappa shape index (κ3) is 6.93. The minimum absolute atomic E-state index is 0.308. The van der Waals surface area contributed by atoms with E-state index >= 15 is 0 Å². The molecule has 4 aromatic carbocycles. The van der Waals surface area contributed by atoms with E-state index in [1.165, 1.54) is 0 Å². The molecule has 0 saturated carbocycles. The van der Waals surface area contributed by atoms with Crippen molar-refractivity contribution in [3.05, 3.63) is 135 Å². The number of amides is 1. The fraction of sp³-hybridized carbons (Fsp3) is 0.118. The number of carbonyl (C=O) groups is 1. The summed E-state index contributed by atoms with van der Waals surface area (Å²) in [6.45, 7) is 4.79. The molecule has 0 spiro atoms. The topological polar surface area (TPSA) is 64.8 Å². The fourth-order valence-corrected chi connectivity index (χ4v) is 5.21. The quantitative estimate of drug-likeness (QED) is 0.123. The zero-order valence-corrected chi connectivity index (χ0v) is 25.5. The predicted octanol–water partition coefficient (Wildman–Crippen LogP) is 8.61. The van der Waals surface area contributed by atoms with Gasteiger partial charge >= 0.3 is 0 Å². The van der Waals surface area contributed by atoms with Gasteiger partial charge in [0.25, 0.3) is 5.91 Å². The number of carbonyl (C=O) groups excluding carboxylic acids is 1. The molecular weight excluding hydrogens is 614 g/mol. The van der Waals surface area contributed by atoms with Crippen molar-refractivity contribution in [3.8, 4) is 28.4 Å². The van der Waals surface area contributed by atoms with Gasteiger partial charge in [-0.05, 0) is 107 Å². The summed E-state index contributed by atoms with van der Waals surface area (Å²) in [5.74, 6) is 0.845. The van der Waals surface area contributed by atoms with Crippen LogP contribution in [0.15, 0.2) is 113 Å². The first-order chi connectivity index (χ1) is 20.4. The van der Waals surface area contributed by atoms with Gasteiger partial charge in [0.05, 0.1) is 23.0 Å². The van der Waals surface area contributed by atoms with E-state index in [2.05, 4.69) is 62.2 Å². The van der Waals surface area contributed by atoms with Gasteiger partial charge in [-0.3, -0.25) is 4.79 Å². The Morgan fingerprint density at radius 1 is 0.952 bits per heavy atom. The molecule has 212 valence electrons. The first-order valence-electron chi connectivity index (χ1n) is 13.4. The van der Waals surface area contributed by atoms with Gasteiger partial charge in [0.2, 0.25) is 0 Å². The molecule has 0 radical (unpaired) electrons. The number of aryl methyl sites for hydroxylation is 1. The molecule has 0 aliphatic rings. The van der Waals surface area contributed by atoms with Crippen LogP contribution >= 0.6 is 27.5 Å². The molecule has 1 aromatic heterocycles. The number of halogens is 2. The molecule has 8 heteroatoms. The number of nitrogens with one attached hydrogen (secondary N) is 1. The Hall–Kier alpha value is -4.33. The maximum atomic E-state index is 12.8. The Morgan fingerprint density at radius 2 is 1.69 bits per heavy atom. The van der Waals surface area contributed by atoms with Crippen LogP contribution in [0.4, 0.5) is 0 Å². The highest BCUT2D eigenvalue weighted by Crippen LogP contribution is 2.37. The number of benzene rings is 4. The Balaban J connectivity index is 1.26. The number of hydrogen-bond acceptors (Lipinski definition) is 4. The molecule has 1 heterocycles. The van der Waals surface area contributed by atoms with E-state index in [0.717, 1.165) is 33.8 Å². The Bertz CT molecular complexity index is 1700. The zero-order chi connectivity index (χ0) is 29.5. The maximum Gasteiger partial charge on any atom is 0.271 e. The van der Waals surface area contributed by atoms with E-state index in [-0.39, 0.29) is 5.91 Å². The summed E-state index contributed by atoms with van der Waals surface area (Å²) >= 11 is 9.56. The molecule has 0 unspecified atom stereocenters. The standard InChI is InChI=1S/C34H29BrClN3O3/c1-3-41-32-20-25(19-30(35)33(32)42-22-24-10-14-28(36)15-11-24)21-37-38-34(40)27-12-16-29(17-13-27)39-23(2)9-18-31(39)26-7-5-4-6-8-26/h4-21H,3,22H2,1-2H3,(H,38,40)/b37-21+. The number of hydrogen-bond donors (Lipinski definition) is 1. The summed E-state index contributed by atoms with van der Waals surface area (Å²) in [5, 5.41) is 4.85. The molecule has 0 fully saturated rings. The van der Waals surface area contributed by atoms with E-state index < -0.39 is 0 Å². The second kappa shape index (κ2) is 13.6. The van der Waals surface area contributed by atoms with E-state index in [9.17, 15) is 4.79 Å². The molecule has 0 bridgehead atoms. The highest BCUT2D eigenvalue weighted by atomic mass is 79.9. The lowest BCUT2D eigenvalue weighted by Crippen LogP contribution is -2.17. The highest BCUT2D eigenvalue weighted by Gasteiger charge is 2.13. The van der Waals surface area contributed by atoms with Gasteiger partial charge < -0.3 is 14.0 Å². The van der Waals surface area contributed by atoms with Gasteiger partial charge in [-0.1, -0.05) is 54.1 Å². The van der Waals surface area contributed by atoms with Crippen molar-refractivity contribution in [2.45, 2.75) is 20.5 Å². The van der Waals surface area contributed by atoms with Gasteiger partial charge in [0, 0.05) is 22.0 Å². The van der Waals surface area contributed by atoms with Crippen LogP contribution in [-0.4, -0.2) is 23.3 Å². The molecule has 0 atom stereocenters. The molecule has 0 saturated heterocycles. The minimum atomic E-state index is -0.308. The van der Waals surface area contributed by atoms with Crippen molar-refractivity contribution in [1.29, 1.82) is 0 Å². The molecule has 1 amide bonds. The Kier molecular flexibility index (Phi) is 9.41. The van der Waals surface area contributed by atoms with Gasteiger partial charge in [0.15, 0.2) is 11.5 Å². The summed E-state index contributed by atoms with van der Waals surface area (Å²) in [7, 11) is 0. The minimum Gasteiger partial charge on any atom is -0.490 e. The van der Waals surface area contributed by atoms with E-state index in [4.69, 9.17) is 21.1 Å². The lowest BCUT2D eigenvalue weighted by molar-refractivity contribution is 0.0955. The van der Waals surface area contributed by atoms with Crippen molar-refractivity contribution in [3.63, 3.8) is 0 Å². The van der Waals surface area contributed by atoms with Crippen molar-refractivity contribution in [1.82, 2.24) is 9.99 Å². The first-order valence-corrected chi connectivity index (χ1v) is 14.6. The SMILES string of the molecule is CCOc1cc(/C=N/NC(=O)c2ccc(-n3c(C)ccc3-c3ccccc3)cc2)cc(Br)c1OCc1ccc(Cl)cc1. The summed E-state index contributed by atoms with van der Waals surface area (Å²) in [6, 6.07) is 33.0. The average molecular weight is 643 g/mol. The van der Waals surface area contributed by atoms with Crippen LogP contribution < -0.4 is 14.9 Å².